The molecule has 0 fully saturated rings. The molecule has 102 valence electrons. The van der Waals surface area contributed by atoms with E-state index in [1.807, 2.05) is 24.3 Å². The predicted molar refractivity (Wildman–Crippen MR) is 74.3 cm³/mol. The van der Waals surface area contributed by atoms with Gasteiger partial charge in [0.1, 0.15) is 11.3 Å². The number of benzene rings is 1. The van der Waals surface area contributed by atoms with E-state index >= 15 is 0 Å². The Morgan fingerprint density at radius 3 is 2.47 bits per heavy atom. The molecule has 0 bridgehead atoms. The minimum absolute atomic E-state index is 0.590. The van der Waals surface area contributed by atoms with Crippen molar-refractivity contribution in [1.82, 2.24) is 9.78 Å². The number of aliphatic hydroxyl groups is 1. The molecule has 4 nitrogen and oxygen atoms in total. The van der Waals surface area contributed by atoms with Crippen LogP contribution in [0.2, 0.25) is 0 Å². The van der Waals surface area contributed by atoms with Crippen LogP contribution in [0, 0.1) is 0 Å². The van der Waals surface area contributed by atoms with E-state index < -0.39 is 5.60 Å². The maximum Gasteiger partial charge on any atom is 0.163 e. The molecule has 1 unspecified atom stereocenters. The van der Waals surface area contributed by atoms with Gasteiger partial charge in [-0.05, 0) is 24.5 Å². The summed E-state index contributed by atoms with van der Waals surface area (Å²) in [4.78, 5) is 0. The Balaban J connectivity index is 2.48. The van der Waals surface area contributed by atoms with Crippen molar-refractivity contribution in [2.24, 2.45) is 7.05 Å². The number of methoxy groups -OCH3 is 1. The van der Waals surface area contributed by atoms with Gasteiger partial charge in [-0.15, -0.1) is 0 Å². The van der Waals surface area contributed by atoms with E-state index in [0.29, 0.717) is 11.4 Å². The molecule has 4 heteroatoms. The highest BCUT2D eigenvalue weighted by Gasteiger charge is 2.32. The van der Waals surface area contributed by atoms with Crippen LogP contribution < -0.4 is 4.74 Å². The second-order valence-corrected chi connectivity index (χ2v) is 4.81. The molecule has 19 heavy (non-hydrogen) atoms. The van der Waals surface area contributed by atoms with Gasteiger partial charge in [0.25, 0.3) is 0 Å². The number of aryl methyl sites for hydroxylation is 2. The first-order valence-electron chi connectivity index (χ1n) is 6.39. The van der Waals surface area contributed by atoms with Gasteiger partial charge in [0.15, 0.2) is 5.75 Å². The summed E-state index contributed by atoms with van der Waals surface area (Å²) in [5.41, 5.74) is 1.59. The van der Waals surface area contributed by atoms with Crippen LogP contribution >= 0.6 is 0 Å². The number of rotatable bonds is 4. The van der Waals surface area contributed by atoms with E-state index in [-0.39, 0.29) is 0 Å². The van der Waals surface area contributed by atoms with E-state index in [1.165, 1.54) is 5.56 Å². The lowest BCUT2D eigenvalue weighted by Gasteiger charge is -2.25. The van der Waals surface area contributed by atoms with E-state index in [0.717, 1.165) is 12.0 Å². The molecular weight excluding hydrogens is 240 g/mol. The van der Waals surface area contributed by atoms with Gasteiger partial charge in [-0.1, -0.05) is 31.2 Å². The van der Waals surface area contributed by atoms with E-state index in [1.54, 1.807) is 32.0 Å². The molecule has 2 rings (SSSR count). The quantitative estimate of drug-likeness (QED) is 0.917. The average Bonchev–Trinajstić information content (AvgIpc) is 2.80. The first-order valence-corrected chi connectivity index (χ1v) is 6.39. The molecule has 2 aromatic rings. The zero-order chi connectivity index (χ0) is 14.0. The van der Waals surface area contributed by atoms with E-state index in [9.17, 15) is 5.11 Å². The summed E-state index contributed by atoms with van der Waals surface area (Å²) >= 11 is 0. The van der Waals surface area contributed by atoms with Crippen LogP contribution in [0.5, 0.6) is 5.75 Å². The largest absolute Gasteiger partial charge is 0.493 e. The Hall–Kier alpha value is -1.81. The number of hydrogen-bond donors (Lipinski definition) is 1. The molecule has 0 spiro atoms. The lowest BCUT2D eigenvalue weighted by atomic mass is 9.91. The van der Waals surface area contributed by atoms with Crippen molar-refractivity contribution < 1.29 is 9.84 Å². The second-order valence-electron chi connectivity index (χ2n) is 4.81. The van der Waals surface area contributed by atoms with Gasteiger partial charge in [0, 0.05) is 7.05 Å². The third-order valence-electron chi connectivity index (χ3n) is 3.51. The molecule has 0 saturated heterocycles. The monoisotopic (exact) mass is 260 g/mol. The molecule has 0 aliphatic heterocycles. The number of aromatic nitrogens is 2. The van der Waals surface area contributed by atoms with E-state index in [2.05, 4.69) is 12.0 Å². The average molecular weight is 260 g/mol. The SMILES string of the molecule is CCc1ccc(C(C)(O)c2c(OC)cnn2C)cc1. The van der Waals surface area contributed by atoms with Gasteiger partial charge in [-0.2, -0.15) is 5.10 Å². The summed E-state index contributed by atoms with van der Waals surface area (Å²) in [6.45, 7) is 3.87. The summed E-state index contributed by atoms with van der Waals surface area (Å²) in [5.74, 6) is 0.590. The topological polar surface area (TPSA) is 47.3 Å². The van der Waals surface area contributed by atoms with Crippen LogP contribution in [-0.4, -0.2) is 22.0 Å². The van der Waals surface area contributed by atoms with Gasteiger partial charge in [-0.25, -0.2) is 0 Å². The van der Waals surface area contributed by atoms with Crippen molar-refractivity contribution in [3.8, 4) is 5.75 Å². The molecule has 0 saturated carbocycles. The zero-order valence-electron chi connectivity index (χ0n) is 11.8. The molecule has 1 aromatic carbocycles. The van der Waals surface area contributed by atoms with Crippen LogP contribution in [0.4, 0.5) is 0 Å². The van der Waals surface area contributed by atoms with Gasteiger partial charge in [0.2, 0.25) is 0 Å². The fourth-order valence-corrected chi connectivity index (χ4v) is 2.32. The highest BCUT2D eigenvalue weighted by atomic mass is 16.5. The normalized spacial score (nSPS) is 14.2. The summed E-state index contributed by atoms with van der Waals surface area (Å²) < 4.78 is 6.92. The summed E-state index contributed by atoms with van der Waals surface area (Å²) in [6.07, 6.45) is 2.60. The third kappa shape index (κ3) is 2.36. The smallest absolute Gasteiger partial charge is 0.163 e. The fourth-order valence-electron chi connectivity index (χ4n) is 2.32. The molecular formula is C15H20N2O2. The Labute approximate surface area is 113 Å². The molecule has 1 N–H and O–H groups in total. The minimum Gasteiger partial charge on any atom is -0.493 e. The molecule has 1 heterocycles. The summed E-state index contributed by atoms with van der Waals surface area (Å²) in [6, 6.07) is 7.97. The van der Waals surface area contributed by atoms with Crippen molar-refractivity contribution in [3.05, 3.63) is 47.3 Å². The molecule has 0 aliphatic carbocycles. The van der Waals surface area contributed by atoms with Gasteiger partial charge in [-0.3, -0.25) is 4.68 Å². The number of nitrogens with zero attached hydrogens (tertiary/aromatic N) is 2. The maximum absolute atomic E-state index is 10.9. The number of hydrogen-bond acceptors (Lipinski definition) is 3. The Kier molecular flexibility index (Phi) is 3.62. The van der Waals surface area contributed by atoms with Crippen LogP contribution in [0.15, 0.2) is 30.5 Å². The first-order chi connectivity index (χ1) is 9.00. The van der Waals surface area contributed by atoms with E-state index in [4.69, 9.17) is 4.74 Å². The Morgan fingerprint density at radius 1 is 1.32 bits per heavy atom. The standard InChI is InChI=1S/C15H20N2O2/c1-5-11-6-8-12(9-7-11)15(2,18)14-13(19-4)10-16-17(14)3/h6-10,18H,5H2,1-4H3. The summed E-state index contributed by atoms with van der Waals surface area (Å²) in [5, 5.41) is 15.0. The maximum atomic E-state index is 10.9. The van der Waals surface area contributed by atoms with Gasteiger partial charge in [0.05, 0.1) is 13.3 Å². The van der Waals surface area contributed by atoms with Crippen LogP contribution in [0.25, 0.3) is 0 Å². The Morgan fingerprint density at radius 2 is 1.95 bits per heavy atom. The van der Waals surface area contributed by atoms with Crippen molar-refractivity contribution in [3.63, 3.8) is 0 Å². The van der Waals surface area contributed by atoms with Crippen molar-refractivity contribution in [2.75, 3.05) is 7.11 Å². The molecule has 0 radical (unpaired) electrons. The second kappa shape index (κ2) is 5.05. The molecule has 1 atom stereocenters. The molecule has 0 amide bonds. The van der Waals surface area contributed by atoms with Crippen molar-refractivity contribution in [2.45, 2.75) is 25.9 Å². The molecule has 1 aromatic heterocycles. The van der Waals surface area contributed by atoms with Crippen LogP contribution in [0.1, 0.15) is 30.7 Å². The van der Waals surface area contributed by atoms with Crippen LogP contribution in [-0.2, 0) is 19.1 Å². The Bertz CT molecular complexity index is 556. The lowest BCUT2D eigenvalue weighted by Crippen LogP contribution is -2.26. The molecule has 0 aliphatic rings. The lowest BCUT2D eigenvalue weighted by molar-refractivity contribution is 0.0897. The van der Waals surface area contributed by atoms with Crippen molar-refractivity contribution in [1.29, 1.82) is 0 Å². The third-order valence-corrected chi connectivity index (χ3v) is 3.51. The predicted octanol–water partition coefficient (Wildman–Crippen LogP) is 2.25. The first kappa shape index (κ1) is 13.6. The van der Waals surface area contributed by atoms with Crippen LogP contribution in [0.3, 0.4) is 0 Å². The summed E-state index contributed by atoms with van der Waals surface area (Å²) in [7, 11) is 3.38. The highest BCUT2D eigenvalue weighted by Crippen LogP contribution is 2.34. The minimum atomic E-state index is -1.14. The number of ether oxygens (including phenoxy) is 1. The zero-order valence-corrected chi connectivity index (χ0v) is 11.8. The van der Waals surface area contributed by atoms with Crippen molar-refractivity contribution >= 4 is 0 Å². The highest BCUT2D eigenvalue weighted by molar-refractivity contribution is 5.40. The fraction of sp³-hybridized carbons (Fsp3) is 0.400. The van der Waals surface area contributed by atoms with Gasteiger partial charge < -0.3 is 9.84 Å². The van der Waals surface area contributed by atoms with Gasteiger partial charge >= 0.3 is 0 Å².